The van der Waals surface area contributed by atoms with E-state index in [4.69, 9.17) is 4.74 Å². The van der Waals surface area contributed by atoms with Crippen molar-refractivity contribution >= 4 is 23.6 Å². The Morgan fingerprint density at radius 1 is 1.14 bits per heavy atom. The second-order valence-electron chi connectivity index (χ2n) is 4.46. The molecule has 0 radical (unpaired) electrons. The highest BCUT2D eigenvalue weighted by Gasteiger charge is 2.28. The minimum Gasteiger partial charge on any atom is -0.448 e. The molecule has 3 rings (SSSR count). The maximum Gasteiger partial charge on any atom is 0.339 e. The van der Waals surface area contributed by atoms with E-state index in [9.17, 15) is 14.9 Å². The molecule has 1 aliphatic rings. The second-order valence-corrected chi connectivity index (χ2v) is 4.46. The van der Waals surface area contributed by atoms with Crippen molar-refractivity contribution < 1.29 is 14.5 Å². The van der Waals surface area contributed by atoms with E-state index in [0.29, 0.717) is 11.3 Å². The lowest BCUT2D eigenvalue weighted by Crippen LogP contribution is -1.99. The fourth-order valence-electron chi connectivity index (χ4n) is 2.10. The number of rotatable bonds is 3. The molecule has 1 unspecified atom stereocenters. The third-order valence-electron chi connectivity index (χ3n) is 3.14. The predicted molar refractivity (Wildman–Crippen MR) is 75.8 cm³/mol. The molecule has 0 spiro atoms. The molecule has 0 saturated heterocycles. The summed E-state index contributed by atoms with van der Waals surface area (Å²) < 4.78 is 5.22. The van der Waals surface area contributed by atoms with E-state index < -0.39 is 11.0 Å². The summed E-state index contributed by atoms with van der Waals surface area (Å²) in [5.74, 6) is -0.370. The number of nitrogens with zero attached hydrogens (tertiary/aromatic N) is 2. The third kappa shape index (κ3) is 2.51. The topological polar surface area (TPSA) is 81.8 Å². The summed E-state index contributed by atoms with van der Waals surface area (Å²) in [7, 11) is 0. The molecular weight excluding hydrogens is 272 g/mol. The molecular formula is C15H10N2O4. The number of hydrogen-bond donors (Lipinski definition) is 0. The maximum absolute atomic E-state index is 11.6. The van der Waals surface area contributed by atoms with Gasteiger partial charge in [-0.15, -0.1) is 0 Å². The second kappa shape index (κ2) is 5.16. The number of benzene rings is 2. The Kier molecular flexibility index (Phi) is 3.19. The Morgan fingerprint density at radius 2 is 1.86 bits per heavy atom. The van der Waals surface area contributed by atoms with Gasteiger partial charge in [0, 0.05) is 17.7 Å². The molecule has 2 aromatic carbocycles. The van der Waals surface area contributed by atoms with Crippen molar-refractivity contribution in [2.24, 2.45) is 4.99 Å². The van der Waals surface area contributed by atoms with Crippen molar-refractivity contribution in [2.75, 3.05) is 0 Å². The van der Waals surface area contributed by atoms with Crippen molar-refractivity contribution in [2.45, 2.75) is 6.10 Å². The molecule has 1 aliphatic heterocycles. The number of non-ortho nitro benzene ring substituents is 1. The molecule has 1 atom stereocenters. The number of nitro benzene ring substituents is 1. The van der Waals surface area contributed by atoms with E-state index >= 15 is 0 Å². The van der Waals surface area contributed by atoms with Gasteiger partial charge in [-0.1, -0.05) is 18.2 Å². The molecule has 2 aromatic rings. The minimum atomic E-state index is -0.524. The van der Waals surface area contributed by atoms with Gasteiger partial charge in [-0.3, -0.25) is 15.1 Å². The van der Waals surface area contributed by atoms with Gasteiger partial charge in [-0.2, -0.15) is 0 Å². The molecule has 6 heteroatoms. The average molecular weight is 282 g/mol. The van der Waals surface area contributed by atoms with Gasteiger partial charge in [0.1, 0.15) is 0 Å². The number of carbonyl (C=O) groups is 1. The molecule has 0 fully saturated rings. The predicted octanol–water partition coefficient (Wildman–Crippen LogP) is 3.21. The quantitative estimate of drug-likeness (QED) is 0.374. The van der Waals surface area contributed by atoms with Gasteiger partial charge < -0.3 is 4.74 Å². The number of ether oxygens (including phenoxy) is 1. The molecule has 6 nitrogen and oxygen atoms in total. The van der Waals surface area contributed by atoms with Gasteiger partial charge in [0.05, 0.1) is 22.4 Å². The number of nitro groups is 1. The summed E-state index contributed by atoms with van der Waals surface area (Å²) in [5, 5.41) is 10.6. The monoisotopic (exact) mass is 282 g/mol. The Hall–Kier alpha value is -3.02. The Labute approximate surface area is 119 Å². The molecule has 0 amide bonds. The van der Waals surface area contributed by atoms with Gasteiger partial charge in [0.25, 0.3) is 5.69 Å². The molecule has 0 aliphatic carbocycles. The number of carbonyl (C=O) groups excluding carboxylic acids is 1. The van der Waals surface area contributed by atoms with E-state index in [1.807, 2.05) is 12.1 Å². The lowest BCUT2D eigenvalue weighted by atomic mass is 10.1. The number of fused-ring (bicyclic) bond motifs is 1. The minimum absolute atomic E-state index is 0.00610. The Bertz CT molecular complexity index is 738. The molecule has 0 N–H and O–H groups in total. The van der Waals surface area contributed by atoms with Crippen LogP contribution in [0.1, 0.15) is 22.0 Å². The van der Waals surface area contributed by atoms with Crippen LogP contribution in [0.25, 0.3) is 0 Å². The summed E-state index contributed by atoms with van der Waals surface area (Å²) in [4.78, 5) is 25.9. The van der Waals surface area contributed by atoms with Gasteiger partial charge in [0.2, 0.25) is 0 Å². The fourth-order valence-corrected chi connectivity index (χ4v) is 2.10. The smallest absolute Gasteiger partial charge is 0.339 e. The van der Waals surface area contributed by atoms with Crippen LogP contribution in [0.3, 0.4) is 0 Å². The lowest BCUT2D eigenvalue weighted by molar-refractivity contribution is -0.384. The molecule has 104 valence electrons. The van der Waals surface area contributed by atoms with E-state index in [1.54, 1.807) is 12.1 Å². The lowest BCUT2D eigenvalue weighted by Gasteiger charge is -2.03. The molecule has 0 bridgehead atoms. The SMILES string of the molecule is O=C1OC(C=Nc2ccc([N+](=O)[O-])cc2)c2ccccc21. The third-order valence-corrected chi connectivity index (χ3v) is 3.14. The highest BCUT2D eigenvalue weighted by atomic mass is 16.6. The van der Waals surface area contributed by atoms with Gasteiger partial charge in [-0.25, -0.2) is 4.79 Å². The van der Waals surface area contributed by atoms with Gasteiger partial charge >= 0.3 is 5.97 Å². The van der Waals surface area contributed by atoms with E-state index in [-0.39, 0.29) is 11.7 Å². The highest BCUT2D eigenvalue weighted by Crippen LogP contribution is 2.29. The molecule has 0 saturated carbocycles. The molecule has 0 aromatic heterocycles. The molecule has 1 heterocycles. The zero-order chi connectivity index (χ0) is 14.8. The average Bonchev–Trinajstić information content (AvgIpc) is 2.83. The first kappa shape index (κ1) is 13.0. The molecule has 21 heavy (non-hydrogen) atoms. The highest BCUT2D eigenvalue weighted by molar-refractivity contribution is 5.97. The normalized spacial score (nSPS) is 16.8. The van der Waals surface area contributed by atoms with Crippen LogP contribution in [0.4, 0.5) is 11.4 Å². The number of esters is 1. The number of aliphatic imine (C=N–C) groups is 1. The van der Waals surface area contributed by atoms with Crippen molar-refractivity contribution in [3.8, 4) is 0 Å². The summed E-state index contributed by atoms with van der Waals surface area (Å²) in [5.41, 5.74) is 1.87. The van der Waals surface area contributed by atoms with E-state index in [1.165, 1.54) is 30.5 Å². The fraction of sp³-hybridized carbons (Fsp3) is 0.0667. The summed E-state index contributed by atoms with van der Waals surface area (Å²) in [6, 6.07) is 12.9. The zero-order valence-electron chi connectivity index (χ0n) is 10.8. The van der Waals surface area contributed by atoms with Crippen LogP contribution >= 0.6 is 0 Å². The van der Waals surface area contributed by atoms with Crippen molar-refractivity contribution in [1.82, 2.24) is 0 Å². The summed E-state index contributed by atoms with van der Waals surface area (Å²) in [6.07, 6.45) is 0.995. The first-order chi connectivity index (χ1) is 10.1. The number of cyclic esters (lactones) is 1. The van der Waals surface area contributed by atoms with Crippen LogP contribution in [0.15, 0.2) is 53.5 Å². The van der Waals surface area contributed by atoms with Crippen LogP contribution in [0.5, 0.6) is 0 Å². The van der Waals surface area contributed by atoms with Crippen LogP contribution in [0.2, 0.25) is 0 Å². The van der Waals surface area contributed by atoms with Crippen LogP contribution < -0.4 is 0 Å². The largest absolute Gasteiger partial charge is 0.448 e. The number of hydrogen-bond acceptors (Lipinski definition) is 5. The summed E-state index contributed by atoms with van der Waals surface area (Å²) >= 11 is 0. The van der Waals surface area contributed by atoms with Gasteiger partial charge in [-0.05, 0) is 18.2 Å². The summed E-state index contributed by atoms with van der Waals surface area (Å²) in [6.45, 7) is 0. The van der Waals surface area contributed by atoms with Crippen molar-refractivity contribution in [3.05, 3.63) is 69.8 Å². The van der Waals surface area contributed by atoms with Crippen LogP contribution in [0, 0.1) is 10.1 Å². The van der Waals surface area contributed by atoms with Gasteiger partial charge in [0.15, 0.2) is 6.10 Å². The Morgan fingerprint density at radius 3 is 2.57 bits per heavy atom. The van der Waals surface area contributed by atoms with Crippen molar-refractivity contribution in [3.63, 3.8) is 0 Å². The van der Waals surface area contributed by atoms with E-state index in [2.05, 4.69) is 4.99 Å². The van der Waals surface area contributed by atoms with Crippen LogP contribution in [-0.2, 0) is 4.74 Å². The Balaban J connectivity index is 1.81. The maximum atomic E-state index is 11.6. The van der Waals surface area contributed by atoms with Crippen LogP contribution in [-0.4, -0.2) is 17.1 Å². The first-order valence-corrected chi connectivity index (χ1v) is 6.24. The van der Waals surface area contributed by atoms with E-state index in [0.717, 1.165) is 5.56 Å². The first-order valence-electron chi connectivity index (χ1n) is 6.24. The standard InChI is InChI=1S/C15H10N2O4/c18-15-13-4-2-1-3-12(13)14(21-15)9-16-10-5-7-11(8-6-10)17(19)20/h1-9,14H. The van der Waals surface area contributed by atoms with Crippen molar-refractivity contribution in [1.29, 1.82) is 0 Å². The zero-order valence-corrected chi connectivity index (χ0v) is 10.8.